The van der Waals surface area contributed by atoms with Gasteiger partial charge in [-0.05, 0) is 42.7 Å². The number of benzene rings is 1. The second kappa shape index (κ2) is 7.68. The van der Waals surface area contributed by atoms with E-state index in [0.717, 1.165) is 16.7 Å². The number of hydrogen-bond acceptors (Lipinski definition) is 7. The fourth-order valence-electron chi connectivity index (χ4n) is 3.82. The highest BCUT2D eigenvalue weighted by molar-refractivity contribution is 5.97. The third-order valence-electron chi connectivity index (χ3n) is 5.56. The van der Waals surface area contributed by atoms with Crippen LogP contribution in [-0.4, -0.2) is 43.1 Å². The molecular formula is C22H20FN5O3. The number of nitrogens with one attached hydrogen (secondary N) is 1. The summed E-state index contributed by atoms with van der Waals surface area (Å²) in [6.07, 6.45) is 2.95. The predicted molar refractivity (Wildman–Crippen MR) is 109 cm³/mol. The molecule has 4 heterocycles. The van der Waals surface area contributed by atoms with Gasteiger partial charge in [0.2, 0.25) is 11.7 Å². The van der Waals surface area contributed by atoms with E-state index in [-0.39, 0.29) is 18.2 Å². The maximum Gasteiger partial charge on any atom is 0.244 e. The zero-order valence-corrected chi connectivity index (χ0v) is 16.7. The molecular weight excluding hydrogens is 401 g/mol. The lowest BCUT2D eigenvalue weighted by atomic mass is 9.99. The number of halogens is 1. The number of Topliss-reactive ketones (excluding diaryl/α,β-unsaturated/α-hetero) is 1. The van der Waals surface area contributed by atoms with Gasteiger partial charge in [-0.25, -0.2) is 9.37 Å². The van der Waals surface area contributed by atoms with E-state index in [1.165, 1.54) is 28.9 Å². The highest BCUT2D eigenvalue weighted by Crippen LogP contribution is 2.26. The minimum atomic E-state index is -0.435. The van der Waals surface area contributed by atoms with Crippen LogP contribution >= 0.6 is 0 Å². The first-order valence-corrected chi connectivity index (χ1v) is 9.98. The third-order valence-corrected chi connectivity index (χ3v) is 5.56. The SMILES string of the molecule is Cc1ccc(-c2noc(C3C[C@@H](O)CN3)n2)cc1CC(=O)c1cnc2ccc(F)cn12. The van der Waals surface area contributed by atoms with Crippen LogP contribution in [-0.2, 0) is 6.42 Å². The Labute approximate surface area is 176 Å². The molecule has 8 nitrogen and oxygen atoms in total. The molecule has 1 fully saturated rings. The molecule has 5 rings (SSSR count). The Morgan fingerprint density at radius 1 is 1.35 bits per heavy atom. The number of β-amino-alcohol motifs (C(OH)–C–C–N with tert-alkyl or cyclic N) is 1. The summed E-state index contributed by atoms with van der Waals surface area (Å²) >= 11 is 0. The number of aromatic nitrogens is 4. The van der Waals surface area contributed by atoms with E-state index in [1.54, 1.807) is 0 Å². The van der Waals surface area contributed by atoms with Crippen molar-refractivity contribution in [3.63, 3.8) is 0 Å². The van der Waals surface area contributed by atoms with Crippen molar-refractivity contribution in [1.29, 1.82) is 0 Å². The third kappa shape index (κ3) is 3.73. The number of fused-ring (bicyclic) bond motifs is 1. The average Bonchev–Trinajstić information content (AvgIpc) is 3.48. The van der Waals surface area contributed by atoms with Gasteiger partial charge >= 0.3 is 0 Å². The van der Waals surface area contributed by atoms with Crippen LogP contribution in [0.4, 0.5) is 4.39 Å². The number of nitrogens with zero attached hydrogens (tertiary/aromatic N) is 4. The van der Waals surface area contributed by atoms with Gasteiger partial charge in [-0.2, -0.15) is 4.98 Å². The summed E-state index contributed by atoms with van der Waals surface area (Å²) in [7, 11) is 0. The van der Waals surface area contributed by atoms with Gasteiger partial charge in [-0.3, -0.25) is 9.20 Å². The fourth-order valence-corrected chi connectivity index (χ4v) is 3.82. The van der Waals surface area contributed by atoms with Crippen LogP contribution in [0.15, 0.2) is 47.2 Å². The van der Waals surface area contributed by atoms with Crippen LogP contribution in [0.3, 0.4) is 0 Å². The number of rotatable bonds is 5. The molecule has 0 aliphatic carbocycles. The monoisotopic (exact) mass is 421 g/mol. The minimum absolute atomic E-state index is 0.130. The first-order chi connectivity index (χ1) is 15.0. The normalized spacial score (nSPS) is 18.7. The number of carbonyl (C=O) groups is 1. The van der Waals surface area contributed by atoms with E-state index in [9.17, 15) is 14.3 Å². The molecule has 158 valence electrons. The van der Waals surface area contributed by atoms with Crippen molar-refractivity contribution in [2.45, 2.75) is 31.9 Å². The van der Waals surface area contributed by atoms with Crippen molar-refractivity contribution in [2.24, 2.45) is 0 Å². The van der Waals surface area contributed by atoms with Crippen LogP contribution < -0.4 is 5.32 Å². The molecule has 3 aromatic heterocycles. The zero-order chi connectivity index (χ0) is 21.5. The average molecular weight is 421 g/mol. The molecule has 31 heavy (non-hydrogen) atoms. The summed E-state index contributed by atoms with van der Waals surface area (Å²) in [4.78, 5) is 21.6. The highest BCUT2D eigenvalue weighted by atomic mass is 19.1. The summed E-state index contributed by atoms with van der Waals surface area (Å²) in [6, 6.07) is 8.31. The second-order valence-electron chi connectivity index (χ2n) is 7.77. The molecule has 1 aliphatic rings. The Morgan fingerprint density at radius 2 is 2.23 bits per heavy atom. The smallest absolute Gasteiger partial charge is 0.244 e. The van der Waals surface area contributed by atoms with Gasteiger partial charge in [0.1, 0.15) is 17.2 Å². The molecule has 1 unspecified atom stereocenters. The number of imidazole rings is 1. The van der Waals surface area contributed by atoms with Crippen LogP contribution in [0.25, 0.3) is 17.0 Å². The van der Waals surface area contributed by atoms with Gasteiger partial charge in [0.15, 0.2) is 5.78 Å². The summed E-state index contributed by atoms with van der Waals surface area (Å²) in [6.45, 7) is 2.42. The maximum atomic E-state index is 13.6. The van der Waals surface area contributed by atoms with E-state index in [4.69, 9.17) is 4.52 Å². The van der Waals surface area contributed by atoms with Gasteiger partial charge in [0.05, 0.1) is 18.3 Å². The number of carbonyl (C=O) groups excluding carboxylic acids is 1. The number of aryl methyl sites for hydroxylation is 1. The van der Waals surface area contributed by atoms with Crippen molar-refractivity contribution < 1.29 is 18.8 Å². The second-order valence-corrected chi connectivity index (χ2v) is 7.77. The standard InChI is InChI=1S/C22H20FN5O3/c1-12-2-3-13(21-26-22(31-27-21)17-8-16(29)9-24-17)6-14(12)7-19(30)18-10-25-20-5-4-15(23)11-28(18)20/h2-6,10-11,16-17,24,29H,7-9H2,1H3/t16-,17?/m1/s1. The Balaban J connectivity index is 1.40. The van der Waals surface area contributed by atoms with Crippen LogP contribution in [0.1, 0.15) is 40.0 Å². The zero-order valence-electron chi connectivity index (χ0n) is 16.7. The van der Waals surface area contributed by atoms with E-state index in [0.29, 0.717) is 36.0 Å². The summed E-state index contributed by atoms with van der Waals surface area (Å²) in [5, 5.41) is 16.9. The molecule has 0 bridgehead atoms. The number of ketones is 1. The number of aliphatic hydroxyl groups is 1. The van der Waals surface area contributed by atoms with E-state index >= 15 is 0 Å². The molecule has 1 aliphatic heterocycles. The van der Waals surface area contributed by atoms with Crippen molar-refractivity contribution >= 4 is 11.4 Å². The topological polar surface area (TPSA) is 106 Å². The summed E-state index contributed by atoms with van der Waals surface area (Å²) < 4.78 is 20.5. The molecule has 2 atom stereocenters. The Hall–Kier alpha value is -3.43. The highest BCUT2D eigenvalue weighted by Gasteiger charge is 2.28. The van der Waals surface area contributed by atoms with Crippen LogP contribution in [0.5, 0.6) is 0 Å². The first-order valence-electron chi connectivity index (χ1n) is 9.98. The molecule has 0 amide bonds. The van der Waals surface area contributed by atoms with Crippen LogP contribution in [0, 0.1) is 12.7 Å². The van der Waals surface area contributed by atoms with Gasteiger partial charge in [0.25, 0.3) is 0 Å². The lowest BCUT2D eigenvalue weighted by Crippen LogP contribution is -2.15. The lowest BCUT2D eigenvalue weighted by Gasteiger charge is -2.07. The molecule has 9 heteroatoms. The quantitative estimate of drug-likeness (QED) is 0.477. The number of pyridine rings is 1. The van der Waals surface area contributed by atoms with Crippen molar-refractivity contribution in [3.05, 3.63) is 71.3 Å². The number of aliphatic hydroxyl groups excluding tert-OH is 1. The Kier molecular flexibility index (Phi) is 4.84. The van der Waals surface area contributed by atoms with E-state index in [1.807, 2.05) is 25.1 Å². The summed E-state index contributed by atoms with van der Waals surface area (Å²) in [5.74, 6) is 0.243. The van der Waals surface area contributed by atoms with Crippen LogP contribution in [0.2, 0.25) is 0 Å². The van der Waals surface area contributed by atoms with Gasteiger partial charge in [0, 0.05) is 24.7 Å². The fraction of sp³-hybridized carbons (Fsp3) is 0.273. The van der Waals surface area contributed by atoms with E-state index < -0.39 is 11.9 Å². The van der Waals surface area contributed by atoms with Gasteiger partial charge in [-0.15, -0.1) is 0 Å². The largest absolute Gasteiger partial charge is 0.392 e. The molecule has 0 saturated carbocycles. The van der Waals surface area contributed by atoms with E-state index in [2.05, 4.69) is 20.4 Å². The lowest BCUT2D eigenvalue weighted by molar-refractivity contribution is 0.0987. The van der Waals surface area contributed by atoms with Gasteiger partial charge < -0.3 is 14.9 Å². The molecule has 1 saturated heterocycles. The van der Waals surface area contributed by atoms with Gasteiger partial charge in [-0.1, -0.05) is 17.3 Å². The molecule has 2 N–H and O–H groups in total. The maximum absolute atomic E-state index is 13.6. The van der Waals surface area contributed by atoms with Crippen molar-refractivity contribution in [1.82, 2.24) is 24.8 Å². The molecule has 0 radical (unpaired) electrons. The molecule has 1 aromatic carbocycles. The minimum Gasteiger partial charge on any atom is -0.392 e. The summed E-state index contributed by atoms with van der Waals surface area (Å²) in [5.41, 5.74) is 3.33. The van der Waals surface area contributed by atoms with Crippen molar-refractivity contribution in [2.75, 3.05) is 6.54 Å². The first kappa shape index (κ1) is 19.5. The molecule has 0 spiro atoms. The predicted octanol–water partition coefficient (Wildman–Crippen LogP) is 2.65. The Bertz CT molecular complexity index is 1280. The Morgan fingerprint density at radius 3 is 3.03 bits per heavy atom. The molecule has 4 aromatic rings. The van der Waals surface area contributed by atoms with Crippen molar-refractivity contribution in [3.8, 4) is 11.4 Å². The number of hydrogen-bond donors (Lipinski definition) is 2.